The minimum atomic E-state index is -0.0666. The van der Waals surface area contributed by atoms with Crippen LogP contribution < -0.4 is 10.9 Å². The molecule has 82 valence electrons. The summed E-state index contributed by atoms with van der Waals surface area (Å²) in [6.07, 6.45) is 0. The van der Waals surface area contributed by atoms with Crippen LogP contribution in [0.3, 0.4) is 0 Å². The Balaban J connectivity index is 2.37. The zero-order valence-corrected chi connectivity index (χ0v) is 8.75. The van der Waals surface area contributed by atoms with Crippen LogP contribution >= 0.6 is 0 Å². The summed E-state index contributed by atoms with van der Waals surface area (Å²) in [6, 6.07) is 7.79. The van der Waals surface area contributed by atoms with Crippen molar-refractivity contribution in [2.75, 3.05) is 18.5 Å². The summed E-state index contributed by atoms with van der Waals surface area (Å²) in [7, 11) is 0. The number of aromatic nitrogens is 1. The molecule has 3 rings (SSSR count). The van der Waals surface area contributed by atoms with Gasteiger partial charge in [-0.05, 0) is 6.07 Å². The van der Waals surface area contributed by atoms with Crippen molar-refractivity contribution in [1.29, 1.82) is 0 Å². The molecule has 0 aliphatic carbocycles. The molecule has 2 heterocycles. The summed E-state index contributed by atoms with van der Waals surface area (Å²) in [6.45, 7) is 1.74. The van der Waals surface area contributed by atoms with E-state index in [-0.39, 0.29) is 5.56 Å². The third-order valence-corrected chi connectivity index (χ3v) is 2.82. The minimum Gasteiger partial charge on any atom is -0.382 e. The van der Waals surface area contributed by atoms with Crippen molar-refractivity contribution in [2.45, 2.75) is 6.61 Å². The molecule has 4 heteroatoms. The van der Waals surface area contributed by atoms with Crippen LogP contribution in [0.2, 0.25) is 0 Å². The number of benzene rings is 1. The molecule has 1 aliphatic rings. The number of hydrogen-bond donors (Lipinski definition) is 2. The molecule has 1 aliphatic heterocycles. The third-order valence-electron chi connectivity index (χ3n) is 2.82. The van der Waals surface area contributed by atoms with Gasteiger partial charge in [-0.15, -0.1) is 0 Å². The zero-order valence-electron chi connectivity index (χ0n) is 8.75. The fourth-order valence-electron chi connectivity index (χ4n) is 2.05. The SMILES string of the molecule is O=c1[nH]c2ccccc2c2c1COCCN2. The number of rotatable bonds is 0. The number of hydrogen-bond acceptors (Lipinski definition) is 3. The molecule has 4 nitrogen and oxygen atoms in total. The van der Waals surface area contributed by atoms with Crippen molar-refractivity contribution in [1.82, 2.24) is 4.98 Å². The van der Waals surface area contributed by atoms with Gasteiger partial charge in [0, 0.05) is 11.9 Å². The molecule has 0 saturated heterocycles. The lowest BCUT2D eigenvalue weighted by molar-refractivity contribution is 0.134. The molecule has 0 atom stereocenters. The Morgan fingerprint density at radius 2 is 2.12 bits per heavy atom. The predicted octanol–water partition coefficient (Wildman–Crippen LogP) is 1.47. The number of pyridine rings is 1. The van der Waals surface area contributed by atoms with Crippen molar-refractivity contribution >= 4 is 16.6 Å². The van der Waals surface area contributed by atoms with E-state index in [1.807, 2.05) is 24.3 Å². The van der Waals surface area contributed by atoms with Crippen LogP contribution in [0.1, 0.15) is 5.56 Å². The van der Waals surface area contributed by atoms with E-state index in [4.69, 9.17) is 4.74 Å². The first-order valence-electron chi connectivity index (χ1n) is 5.32. The quantitative estimate of drug-likeness (QED) is 0.701. The van der Waals surface area contributed by atoms with Crippen molar-refractivity contribution in [2.24, 2.45) is 0 Å². The number of anilines is 1. The Hall–Kier alpha value is -1.81. The van der Waals surface area contributed by atoms with Gasteiger partial charge in [0.25, 0.3) is 5.56 Å². The maximum absolute atomic E-state index is 11.9. The summed E-state index contributed by atoms with van der Waals surface area (Å²) in [5, 5.41) is 4.31. The molecular formula is C12H12N2O2. The molecule has 0 amide bonds. The first kappa shape index (κ1) is 9.42. The lowest BCUT2D eigenvalue weighted by atomic mass is 10.1. The van der Waals surface area contributed by atoms with Crippen LogP contribution in [0.25, 0.3) is 10.9 Å². The summed E-state index contributed by atoms with van der Waals surface area (Å²) in [5.74, 6) is 0. The molecule has 16 heavy (non-hydrogen) atoms. The van der Waals surface area contributed by atoms with E-state index in [0.29, 0.717) is 18.8 Å². The van der Waals surface area contributed by atoms with E-state index in [1.54, 1.807) is 0 Å². The van der Waals surface area contributed by atoms with Crippen LogP contribution in [-0.2, 0) is 11.3 Å². The van der Waals surface area contributed by atoms with Gasteiger partial charge in [-0.1, -0.05) is 18.2 Å². The van der Waals surface area contributed by atoms with Crippen LogP contribution in [0.15, 0.2) is 29.1 Å². The number of H-pyrrole nitrogens is 1. The number of aromatic amines is 1. The van der Waals surface area contributed by atoms with E-state index in [0.717, 1.165) is 23.1 Å². The van der Waals surface area contributed by atoms with E-state index >= 15 is 0 Å². The van der Waals surface area contributed by atoms with Crippen molar-refractivity contribution < 1.29 is 4.74 Å². The Morgan fingerprint density at radius 3 is 3.06 bits per heavy atom. The monoisotopic (exact) mass is 216 g/mol. The maximum Gasteiger partial charge on any atom is 0.256 e. The van der Waals surface area contributed by atoms with Gasteiger partial charge < -0.3 is 15.0 Å². The average molecular weight is 216 g/mol. The van der Waals surface area contributed by atoms with E-state index in [2.05, 4.69) is 10.3 Å². The highest BCUT2D eigenvalue weighted by Gasteiger charge is 2.14. The van der Waals surface area contributed by atoms with Crippen LogP contribution in [-0.4, -0.2) is 18.1 Å². The number of fused-ring (bicyclic) bond motifs is 3. The molecule has 1 aromatic heterocycles. The first-order valence-corrected chi connectivity index (χ1v) is 5.32. The fourth-order valence-corrected chi connectivity index (χ4v) is 2.05. The van der Waals surface area contributed by atoms with Crippen LogP contribution in [0, 0.1) is 0 Å². The van der Waals surface area contributed by atoms with Crippen molar-refractivity contribution in [3.63, 3.8) is 0 Å². The summed E-state index contributed by atoms with van der Waals surface area (Å²) in [5.41, 5.74) is 2.40. The Bertz CT molecular complexity index is 589. The molecule has 0 saturated carbocycles. The molecule has 2 aromatic rings. The summed E-state index contributed by atoms with van der Waals surface area (Å²) >= 11 is 0. The predicted molar refractivity (Wildman–Crippen MR) is 62.7 cm³/mol. The van der Waals surface area contributed by atoms with Gasteiger partial charge in [-0.25, -0.2) is 0 Å². The number of para-hydroxylation sites is 1. The van der Waals surface area contributed by atoms with Gasteiger partial charge in [-0.2, -0.15) is 0 Å². The Kier molecular flexibility index (Phi) is 2.15. The number of nitrogens with one attached hydrogen (secondary N) is 2. The second kappa shape index (κ2) is 3.64. The highest BCUT2D eigenvalue weighted by Crippen LogP contribution is 2.24. The molecule has 0 unspecified atom stereocenters. The topological polar surface area (TPSA) is 54.1 Å². The molecular weight excluding hydrogens is 204 g/mol. The smallest absolute Gasteiger partial charge is 0.256 e. The maximum atomic E-state index is 11.9. The zero-order chi connectivity index (χ0) is 11.0. The van der Waals surface area contributed by atoms with E-state index in [9.17, 15) is 4.79 Å². The van der Waals surface area contributed by atoms with Gasteiger partial charge in [0.1, 0.15) is 0 Å². The largest absolute Gasteiger partial charge is 0.382 e. The molecule has 1 aromatic carbocycles. The Labute approximate surface area is 92.2 Å². The van der Waals surface area contributed by atoms with Crippen molar-refractivity contribution in [3.05, 3.63) is 40.2 Å². The van der Waals surface area contributed by atoms with Crippen LogP contribution in [0.4, 0.5) is 5.69 Å². The average Bonchev–Trinajstić information content (AvgIpc) is 2.55. The molecule has 0 radical (unpaired) electrons. The fraction of sp³-hybridized carbons (Fsp3) is 0.250. The highest BCUT2D eigenvalue weighted by molar-refractivity contribution is 5.92. The first-order chi connectivity index (χ1) is 7.86. The highest BCUT2D eigenvalue weighted by atomic mass is 16.5. The van der Waals surface area contributed by atoms with Gasteiger partial charge in [-0.3, -0.25) is 4.79 Å². The second-order valence-corrected chi connectivity index (χ2v) is 3.83. The van der Waals surface area contributed by atoms with Gasteiger partial charge in [0.05, 0.1) is 30.0 Å². The van der Waals surface area contributed by atoms with Crippen LogP contribution in [0.5, 0.6) is 0 Å². The molecule has 0 fully saturated rings. The van der Waals surface area contributed by atoms with E-state index < -0.39 is 0 Å². The van der Waals surface area contributed by atoms with E-state index in [1.165, 1.54) is 0 Å². The molecule has 0 bridgehead atoms. The lowest BCUT2D eigenvalue weighted by Gasteiger charge is -2.09. The van der Waals surface area contributed by atoms with Gasteiger partial charge >= 0.3 is 0 Å². The molecule has 0 spiro atoms. The molecule has 2 N–H and O–H groups in total. The van der Waals surface area contributed by atoms with Gasteiger partial charge in [0.15, 0.2) is 0 Å². The van der Waals surface area contributed by atoms with Gasteiger partial charge in [0.2, 0.25) is 0 Å². The summed E-state index contributed by atoms with van der Waals surface area (Å²) in [4.78, 5) is 14.7. The Morgan fingerprint density at radius 1 is 1.25 bits per heavy atom. The number of ether oxygens (including phenoxy) is 1. The standard InChI is InChI=1S/C12H12N2O2/c15-12-9-7-16-6-5-13-11(9)8-3-1-2-4-10(8)14-12/h1-4,13H,5-7H2,(H,14,15). The normalized spacial score (nSPS) is 15.2. The van der Waals surface area contributed by atoms with Crippen molar-refractivity contribution in [3.8, 4) is 0 Å². The second-order valence-electron chi connectivity index (χ2n) is 3.83. The lowest BCUT2D eigenvalue weighted by Crippen LogP contribution is -2.15. The third kappa shape index (κ3) is 1.39. The summed E-state index contributed by atoms with van der Waals surface area (Å²) < 4.78 is 5.37. The minimum absolute atomic E-state index is 0.0666.